The summed E-state index contributed by atoms with van der Waals surface area (Å²) in [5.74, 6) is 0.0532. The number of amides is 1. The lowest BCUT2D eigenvalue weighted by atomic mass is 10.1. The van der Waals surface area contributed by atoms with Crippen LogP contribution < -0.4 is 5.32 Å². The van der Waals surface area contributed by atoms with Gasteiger partial charge in [0.2, 0.25) is 0 Å². The van der Waals surface area contributed by atoms with Crippen LogP contribution in [0.4, 0.5) is 0 Å². The predicted octanol–water partition coefficient (Wildman–Crippen LogP) is 3.23. The van der Waals surface area contributed by atoms with Gasteiger partial charge in [-0.15, -0.1) is 11.3 Å². The highest BCUT2D eigenvalue weighted by atomic mass is 32.1. The van der Waals surface area contributed by atoms with Gasteiger partial charge in [-0.2, -0.15) is 0 Å². The highest BCUT2D eigenvalue weighted by molar-refractivity contribution is 7.14. The first-order chi connectivity index (χ1) is 10.6. The first-order valence-electron chi connectivity index (χ1n) is 7.74. The molecule has 0 fully saturated rings. The normalized spacial score (nSPS) is 13.4. The molecule has 1 heterocycles. The van der Waals surface area contributed by atoms with Crippen LogP contribution in [-0.4, -0.2) is 24.9 Å². The molecule has 0 atom stereocenters. The van der Waals surface area contributed by atoms with Gasteiger partial charge < -0.3 is 10.2 Å². The molecule has 1 aromatic carbocycles. The van der Waals surface area contributed by atoms with Gasteiger partial charge >= 0.3 is 0 Å². The maximum absolute atomic E-state index is 12.3. The highest BCUT2D eigenvalue weighted by Gasteiger charge is 2.18. The summed E-state index contributed by atoms with van der Waals surface area (Å²) in [5, 5.41) is 3.04. The third-order valence-corrected chi connectivity index (χ3v) is 5.15. The van der Waals surface area contributed by atoms with Crippen LogP contribution >= 0.6 is 11.3 Å². The monoisotopic (exact) mass is 314 g/mol. The zero-order chi connectivity index (χ0) is 15.5. The van der Waals surface area contributed by atoms with Gasteiger partial charge in [-0.1, -0.05) is 24.3 Å². The fraction of sp³-hybridized carbons (Fsp3) is 0.389. The Kier molecular flexibility index (Phi) is 4.60. The van der Waals surface area contributed by atoms with Gasteiger partial charge in [0.25, 0.3) is 5.91 Å². The van der Waals surface area contributed by atoms with Crippen molar-refractivity contribution in [3.63, 3.8) is 0 Å². The van der Waals surface area contributed by atoms with Crippen molar-refractivity contribution >= 4 is 17.2 Å². The lowest BCUT2D eigenvalue weighted by molar-refractivity contribution is 0.0955. The molecule has 116 valence electrons. The molecule has 0 saturated heterocycles. The van der Waals surface area contributed by atoms with Gasteiger partial charge in [-0.05, 0) is 56.1 Å². The largest absolute Gasteiger partial charge is 0.347 e. The van der Waals surface area contributed by atoms with Crippen molar-refractivity contribution in [1.29, 1.82) is 0 Å². The molecule has 1 amide bonds. The second-order valence-electron chi connectivity index (χ2n) is 6.15. The minimum absolute atomic E-state index is 0.0532. The Bertz CT molecular complexity index is 654. The van der Waals surface area contributed by atoms with Gasteiger partial charge in [-0.3, -0.25) is 4.79 Å². The molecular formula is C18H22N2OS. The summed E-state index contributed by atoms with van der Waals surface area (Å²) in [7, 11) is 4.12. The van der Waals surface area contributed by atoms with E-state index in [4.69, 9.17) is 0 Å². The van der Waals surface area contributed by atoms with E-state index >= 15 is 0 Å². The summed E-state index contributed by atoms with van der Waals surface area (Å²) in [6, 6.07) is 10.5. The topological polar surface area (TPSA) is 32.3 Å². The molecule has 0 bridgehead atoms. The van der Waals surface area contributed by atoms with E-state index in [-0.39, 0.29) is 5.91 Å². The molecule has 0 saturated carbocycles. The van der Waals surface area contributed by atoms with E-state index in [0.717, 1.165) is 29.8 Å². The first kappa shape index (κ1) is 15.3. The molecular weight excluding hydrogens is 292 g/mol. The highest BCUT2D eigenvalue weighted by Crippen LogP contribution is 2.30. The van der Waals surface area contributed by atoms with E-state index < -0.39 is 0 Å². The molecule has 1 aromatic heterocycles. The number of nitrogens with one attached hydrogen (secondary N) is 1. The number of hydrogen-bond acceptors (Lipinski definition) is 3. The van der Waals surface area contributed by atoms with Crippen molar-refractivity contribution in [2.45, 2.75) is 32.4 Å². The summed E-state index contributed by atoms with van der Waals surface area (Å²) in [6.45, 7) is 1.50. The molecule has 1 N–H and O–H groups in total. The molecule has 3 nitrogen and oxygen atoms in total. The maximum atomic E-state index is 12.3. The van der Waals surface area contributed by atoms with Gasteiger partial charge in [0.15, 0.2) is 0 Å². The van der Waals surface area contributed by atoms with Crippen molar-refractivity contribution < 1.29 is 4.79 Å². The quantitative estimate of drug-likeness (QED) is 0.919. The van der Waals surface area contributed by atoms with Crippen molar-refractivity contribution in [2.24, 2.45) is 0 Å². The molecule has 0 unspecified atom stereocenters. The van der Waals surface area contributed by atoms with Crippen LogP contribution in [-0.2, 0) is 25.9 Å². The van der Waals surface area contributed by atoms with Crippen LogP contribution in [0.5, 0.6) is 0 Å². The van der Waals surface area contributed by atoms with Crippen molar-refractivity contribution in [1.82, 2.24) is 10.2 Å². The minimum Gasteiger partial charge on any atom is -0.347 e. The summed E-state index contributed by atoms with van der Waals surface area (Å²) in [4.78, 5) is 16.7. The average molecular weight is 314 g/mol. The Morgan fingerprint density at radius 3 is 2.82 bits per heavy atom. The molecule has 0 radical (unpaired) electrons. The number of hydrogen-bond donors (Lipinski definition) is 1. The first-order valence-corrected chi connectivity index (χ1v) is 8.56. The summed E-state index contributed by atoms with van der Waals surface area (Å²) in [5.41, 5.74) is 3.80. The Morgan fingerprint density at radius 1 is 1.23 bits per heavy atom. The van der Waals surface area contributed by atoms with E-state index in [1.165, 1.54) is 22.4 Å². The molecule has 22 heavy (non-hydrogen) atoms. The van der Waals surface area contributed by atoms with Crippen molar-refractivity contribution in [2.75, 3.05) is 14.1 Å². The Morgan fingerprint density at radius 2 is 2.05 bits per heavy atom. The Labute approximate surface area is 136 Å². The zero-order valence-corrected chi connectivity index (χ0v) is 14.0. The fourth-order valence-electron chi connectivity index (χ4n) is 2.91. The van der Waals surface area contributed by atoms with Crippen LogP contribution in [0.3, 0.4) is 0 Å². The minimum atomic E-state index is 0.0532. The van der Waals surface area contributed by atoms with E-state index in [1.807, 2.05) is 0 Å². The number of aryl methyl sites for hydroxylation is 2. The van der Waals surface area contributed by atoms with E-state index in [1.54, 1.807) is 11.3 Å². The smallest absolute Gasteiger partial charge is 0.261 e. The molecule has 0 aliphatic heterocycles. The van der Waals surface area contributed by atoms with Crippen LogP contribution in [0.1, 0.15) is 37.7 Å². The van der Waals surface area contributed by atoms with Crippen LogP contribution in [0.2, 0.25) is 0 Å². The predicted molar refractivity (Wildman–Crippen MR) is 91.3 cm³/mol. The number of thiophene rings is 1. The van der Waals surface area contributed by atoms with Crippen molar-refractivity contribution in [3.05, 3.63) is 56.8 Å². The number of carbonyl (C=O) groups excluding carboxylic acids is 1. The van der Waals surface area contributed by atoms with Crippen LogP contribution in [0.15, 0.2) is 30.3 Å². The number of carbonyl (C=O) groups is 1. The third kappa shape index (κ3) is 3.57. The lowest BCUT2D eigenvalue weighted by Crippen LogP contribution is -2.22. The summed E-state index contributed by atoms with van der Waals surface area (Å²) < 4.78 is 0. The van der Waals surface area contributed by atoms with Gasteiger partial charge in [-0.25, -0.2) is 0 Å². The van der Waals surface area contributed by atoms with Crippen molar-refractivity contribution in [3.8, 4) is 0 Å². The molecule has 2 aromatic rings. The van der Waals surface area contributed by atoms with E-state index in [0.29, 0.717) is 6.54 Å². The van der Waals surface area contributed by atoms with E-state index in [2.05, 4.69) is 54.6 Å². The third-order valence-electron chi connectivity index (χ3n) is 3.91. The van der Waals surface area contributed by atoms with Crippen LogP contribution in [0, 0.1) is 0 Å². The Balaban J connectivity index is 1.60. The van der Waals surface area contributed by atoms with E-state index in [9.17, 15) is 4.79 Å². The fourth-order valence-corrected chi connectivity index (χ4v) is 4.08. The van der Waals surface area contributed by atoms with Gasteiger partial charge in [0.05, 0.1) is 4.88 Å². The SMILES string of the molecule is CN(C)Cc1cccc(CNC(=O)c2cc3c(s2)CCC3)c1. The standard InChI is InChI=1S/C18H22N2OS/c1-20(2)12-14-6-3-5-13(9-14)11-19-18(21)17-10-15-7-4-8-16(15)22-17/h3,5-6,9-10H,4,7-8,11-12H2,1-2H3,(H,19,21). The molecule has 0 spiro atoms. The number of rotatable bonds is 5. The number of nitrogens with zero attached hydrogens (tertiary/aromatic N) is 1. The molecule has 4 heteroatoms. The van der Waals surface area contributed by atoms with Gasteiger partial charge in [0.1, 0.15) is 0 Å². The maximum Gasteiger partial charge on any atom is 0.261 e. The van der Waals surface area contributed by atoms with Crippen LogP contribution in [0.25, 0.3) is 0 Å². The Hall–Kier alpha value is -1.65. The molecule has 1 aliphatic rings. The second-order valence-corrected chi connectivity index (χ2v) is 7.29. The number of benzene rings is 1. The molecule has 3 rings (SSSR count). The molecule has 1 aliphatic carbocycles. The number of fused-ring (bicyclic) bond motifs is 1. The zero-order valence-electron chi connectivity index (χ0n) is 13.2. The average Bonchev–Trinajstić information content (AvgIpc) is 3.05. The summed E-state index contributed by atoms with van der Waals surface area (Å²) in [6.07, 6.45) is 3.51. The second kappa shape index (κ2) is 6.63. The summed E-state index contributed by atoms with van der Waals surface area (Å²) >= 11 is 1.66. The van der Waals surface area contributed by atoms with Gasteiger partial charge in [0, 0.05) is 18.0 Å². The lowest BCUT2D eigenvalue weighted by Gasteiger charge is -2.11.